The van der Waals surface area contributed by atoms with E-state index in [-0.39, 0.29) is 30.8 Å². The van der Waals surface area contributed by atoms with E-state index in [0.29, 0.717) is 24.9 Å². The first-order chi connectivity index (χ1) is 15.5. The molecule has 1 aliphatic heterocycles. The van der Waals surface area contributed by atoms with Crippen LogP contribution in [0.1, 0.15) is 38.5 Å². The molecule has 1 saturated carbocycles. The van der Waals surface area contributed by atoms with Crippen LogP contribution in [-0.2, 0) is 9.59 Å². The highest BCUT2D eigenvalue weighted by Gasteiger charge is 2.52. The molecular weight excluding hydrogens is 406 g/mol. The van der Waals surface area contributed by atoms with Crippen molar-refractivity contribution in [1.82, 2.24) is 19.6 Å². The maximum absolute atomic E-state index is 12.6. The fourth-order valence-electron chi connectivity index (χ4n) is 4.62. The fourth-order valence-corrected chi connectivity index (χ4v) is 4.62. The van der Waals surface area contributed by atoms with Crippen molar-refractivity contribution in [3.63, 3.8) is 0 Å². The third-order valence-electron chi connectivity index (χ3n) is 6.32. The van der Waals surface area contributed by atoms with Gasteiger partial charge in [0.25, 0.3) is 5.91 Å². The zero-order chi connectivity index (χ0) is 22.1. The molecule has 1 saturated heterocycles. The fraction of sp³-hybridized carbons (Fsp3) is 0.333. The molecule has 8 heteroatoms. The second-order valence-electron chi connectivity index (χ2n) is 8.50. The van der Waals surface area contributed by atoms with E-state index >= 15 is 0 Å². The number of nitrogens with one attached hydrogen (secondary N) is 2. The lowest BCUT2D eigenvalue weighted by molar-refractivity contribution is -0.131. The van der Waals surface area contributed by atoms with Crippen LogP contribution < -0.4 is 10.6 Å². The van der Waals surface area contributed by atoms with Crippen LogP contribution in [-0.4, -0.2) is 44.2 Å². The molecule has 1 aromatic carbocycles. The summed E-state index contributed by atoms with van der Waals surface area (Å²) in [7, 11) is 0. The van der Waals surface area contributed by atoms with Crippen LogP contribution in [0.5, 0.6) is 0 Å². The van der Waals surface area contributed by atoms with Gasteiger partial charge in [0.15, 0.2) is 0 Å². The number of hydrogen-bond acceptors (Lipinski definition) is 4. The molecule has 1 aliphatic carbocycles. The molecule has 0 bridgehead atoms. The minimum Gasteiger partial charge on any atom is -0.326 e. The van der Waals surface area contributed by atoms with Gasteiger partial charge >= 0.3 is 6.03 Å². The molecule has 8 nitrogen and oxygen atoms in total. The molecule has 3 heterocycles. The number of rotatable bonds is 6. The summed E-state index contributed by atoms with van der Waals surface area (Å²) in [6.07, 6.45) is 7.91. The smallest absolute Gasteiger partial charge is 0.325 e. The second kappa shape index (κ2) is 8.11. The van der Waals surface area contributed by atoms with Gasteiger partial charge in [0.1, 0.15) is 11.2 Å². The van der Waals surface area contributed by atoms with Crippen molar-refractivity contribution in [3.8, 4) is 11.3 Å². The Labute approximate surface area is 185 Å². The van der Waals surface area contributed by atoms with Gasteiger partial charge in [-0.3, -0.25) is 14.5 Å². The van der Waals surface area contributed by atoms with Crippen molar-refractivity contribution in [2.75, 3.05) is 11.9 Å². The van der Waals surface area contributed by atoms with Crippen LogP contribution in [0, 0.1) is 0 Å². The van der Waals surface area contributed by atoms with Crippen molar-refractivity contribution in [2.24, 2.45) is 0 Å². The van der Waals surface area contributed by atoms with E-state index in [1.807, 2.05) is 59.3 Å². The lowest BCUT2D eigenvalue weighted by Gasteiger charge is -2.19. The van der Waals surface area contributed by atoms with Crippen molar-refractivity contribution in [1.29, 1.82) is 0 Å². The predicted octanol–water partition coefficient (Wildman–Crippen LogP) is 3.58. The molecule has 2 N–H and O–H groups in total. The van der Waals surface area contributed by atoms with Crippen molar-refractivity contribution >= 4 is 29.2 Å². The second-order valence-corrected chi connectivity index (χ2v) is 8.50. The summed E-state index contributed by atoms with van der Waals surface area (Å²) in [5.74, 6) is -0.281. The number of hydrogen-bond donors (Lipinski definition) is 2. The van der Waals surface area contributed by atoms with Crippen molar-refractivity contribution in [2.45, 2.75) is 44.1 Å². The lowest BCUT2D eigenvalue weighted by Crippen LogP contribution is -2.44. The van der Waals surface area contributed by atoms with Gasteiger partial charge < -0.3 is 15.0 Å². The monoisotopic (exact) mass is 431 g/mol. The third-order valence-corrected chi connectivity index (χ3v) is 6.32. The number of amides is 4. The van der Waals surface area contributed by atoms with E-state index in [1.165, 1.54) is 4.90 Å². The molecule has 0 unspecified atom stereocenters. The number of carbonyl (C=O) groups is 3. The van der Waals surface area contributed by atoms with Gasteiger partial charge in [-0.25, -0.2) is 9.78 Å². The molecule has 4 amide bonds. The molecule has 1 spiro atoms. The molecule has 3 aromatic rings. The van der Waals surface area contributed by atoms with E-state index in [1.54, 1.807) is 0 Å². The van der Waals surface area contributed by atoms with Gasteiger partial charge in [-0.15, -0.1) is 0 Å². The number of anilines is 1. The number of pyridine rings is 1. The van der Waals surface area contributed by atoms with Crippen molar-refractivity contribution < 1.29 is 14.4 Å². The van der Waals surface area contributed by atoms with E-state index < -0.39 is 5.54 Å². The maximum Gasteiger partial charge on any atom is 0.325 e. The molecule has 2 aliphatic rings. The molecular formula is C24H25N5O3. The number of aromatic nitrogens is 2. The summed E-state index contributed by atoms with van der Waals surface area (Å²) in [4.78, 5) is 43.1. The summed E-state index contributed by atoms with van der Waals surface area (Å²) in [6.45, 7) is 0.257. The Morgan fingerprint density at radius 1 is 1.09 bits per heavy atom. The molecule has 0 atom stereocenters. The number of carbonyl (C=O) groups excluding carboxylic acids is 3. The summed E-state index contributed by atoms with van der Waals surface area (Å²) < 4.78 is 1.96. The Morgan fingerprint density at radius 2 is 1.88 bits per heavy atom. The van der Waals surface area contributed by atoms with Crippen LogP contribution in [0.4, 0.5) is 10.5 Å². The van der Waals surface area contributed by atoms with Gasteiger partial charge in [-0.05, 0) is 43.5 Å². The molecule has 2 aromatic heterocycles. The first-order valence-electron chi connectivity index (χ1n) is 11.0. The van der Waals surface area contributed by atoms with Crippen molar-refractivity contribution in [3.05, 3.63) is 54.9 Å². The zero-order valence-corrected chi connectivity index (χ0v) is 17.7. The van der Waals surface area contributed by atoms with Gasteiger partial charge in [-0.1, -0.05) is 31.0 Å². The van der Waals surface area contributed by atoms with Gasteiger partial charge in [0.05, 0.1) is 5.69 Å². The number of imide groups is 1. The van der Waals surface area contributed by atoms with Gasteiger partial charge in [0, 0.05) is 36.6 Å². The topological polar surface area (TPSA) is 95.8 Å². The Kier molecular flexibility index (Phi) is 5.13. The molecule has 0 radical (unpaired) electrons. The maximum atomic E-state index is 12.6. The zero-order valence-electron chi connectivity index (χ0n) is 17.7. The number of benzene rings is 1. The molecule has 5 rings (SSSR count). The minimum atomic E-state index is -0.692. The first-order valence-corrected chi connectivity index (χ1v) is 11.0. The molecule has 2 fully saturated rings. The average Bonchev–Trinajstić information content (AvgIpc) is 3.49. The summed E-state index contributed by atoms with van der Waals surface area (Å²) in [6, 6.07) is 13.1. The van der Waals surface area contributed by atoms with Crippen LogP contribution >= 0.6 is 0 Å². The lowest BCUT2D eigenvalue weighted by atomic mass is 9.98. The van der Waals surface area contributed by atoms with E-state index in [0.717, 1.165) is 29.7 Å². The van der Waals surface area contributed by atoms with Crippen LogP contribution in [0.25, 0.3) is 16.9 Å². The highest BCUT2D eigenvalue weighted by atomic mass is 16.2. The van der Waals surface area contributed by atoms with E-state index in [2.05, 4.69) is 15.6 Å². The van der Waals surface area contributed by atoms with E-state index in [4.69, 9.17) is 0 Å². The highest BCUT2D eigenvalue weighted by molar-refractivity contribution is 6.07. The Hall–Kier alpha value is -3.68. The number of fused-ring (bicyclic) bond motifs is 1. The number of urea groups is 1. The Morgan fingerprint density at radius 3 is 2.62 bits per heavy atom. The van der Waals surface area contributed by atoms with Gasteiger partial charge in [-0.2, -0.15) is 0 Å². The largest absolute Gasteiger partial charge is 0.326 e. The first kappa shape index (κ1) is 20.2. The van der Waals surface area contributed by atoms with Crippen LogP contribution in [0.2, 0.25) is 0 Å². The SMILES string of the molecule is O=C(CCCN1C(=O)NC2(CCCC2)C1=O)Nc1ccc(-c2cn3ccccc3n2)cc1. The Bertz CT molecular complexity index is 1140. The van der Waals surface area contributed by atoms with Crippen LogP contribution in [0.15, 0.2) is 54.9 Å². The number of imidazole rings is 1. The normalized spacial score (nSPS) is 17.3. The van der Waals surface area contributed by atoms with E-state index in [9.17, 15) is 14.4 Å². The molecule has 32 heavy (non-hydrogen) atoms. The average molecular weight is 431 g/mol. The summed E-state index contributed by atoms with van der Waals surface area (Å²) in [5, 5.41) is 5.74. The van der Waals surface area contributed by atoms with Gasteiger partial charge in [0.2, 0.25) is 5.91 Å². The minimum absolute atomic E-state index is 0.136. The predicted molar refractivity (Wildman–Crippen MR) is 120 cm³/mol. The highest BCUT2D eigenvalue weighted by Crippen LogP contribution is 2.35. The standard InChI is InChI=1S/C24H25N5O3/c30-21(7-5-15-29-22(31)24(27-23(29)32)12-2-3-13-24)25-18-10-8-17(9-11-18)19-16-28-14-4-1-6-20(28)26-19/h1,4,6,8-11,14,16H,2-3,5,7,12-13,15H2,(H,25,30)(H,27,32). The molecule has 164 valence electrons. The third kappa shape index (κ3) is 3.72. The number of nitrogens with zero attached hydrogens (tertiary/aromatic N) is 3. The summed E-state index contributed by atoms with van der Waals surface area (Å²) >= 11 is 0. The summed E-state index contributed by atoms with van der Waals surface area (Å²) in [5.41, 5.74) is 2.71. The Balaban J connectivity index is 1.14. The van der Waals surface area contributed by atoms with Crippen LogP contribution in [0.3, 0.4) is 0 Å². The quantitative estimate of drug-likeness (QED) is 0.583.